The highest BCUT2D eigenvalue weighted by Crippen LogP contribution is 2.55. The summed E-state index contributed by atoms with van der Waals surface area (Å²) in [6, 6.07) is 10.8. The minimum Gasteiger partial charge on any atom is -0.504 e. The quantitative estimate of drug-likeness (QED) is 0.276. The summed E-state index contributed by atoms with van der Waals surface area (Å²) in [4.78, 5) is 15.3. The Kier molecular flexibility index (Phi) is 6.04. The number of carbonyl (C=O) groups excluding carboxylic acids is 1. The molecule has 3 aromatic rings. The molecule has 1 aliphatic heterocycles. The van der Waals surface area contributed by atoms with Crippen LogP contribution in [-0.4, -0.2) is 32.9 Å². The lowest BCUT2D eigenvalue weighted by Crippen LogP contribution is -2.42. The van der Waals surface area contributed by atoms with Gasteiger partial charge in [0.1, 0.15) is 5.41 Å². The van der Waals surface area contributed by atoms with Gasteiger partial charge in [0.25, 0.3) is 0 Å². The number of aromatic hydroxyl groups is 4. The summed E-state index contributed by atoms with van der Waals surface area (Å²) in [7, 11) is 0. The molecule has 6 nitrogen and oxygen atoms in total. The Balaban J connectivity index is 2.11. The number of phenols is 4. The smallest absolute Gasteiger partial charge is 0.418 e. The first-order valence-electron chi connectivity index (χ1n) is 11.1. The van der Waals surface area contributed by atoms with Crippen molar-refractivity contribution >= 4 is 11.6 Å². The first-order chi connectivity index (χ1) is 16.5. The predicted octanol–water partition coefficient (Wildman–Crippen LogP) is 5.40. The summed E-state index contributed by atoms with van der Waals surface area (Å²) >= 11 is 0. The molecular weight excluding hydrogens is 463 g/mol. The van der Waals surface area contributed by atoms with E-state index in [0.717, 1.165) is 41.7 Å². The molecule has 0 bridgehead atoms. The van der Waals surface area contributed by atoms with E-state index < -0.39 is 46.1 Å². The normalized spacial score (nSPS) is 14.9. The van der Waals surface area contributed by atoms with Gasteiger partial charge in [-0.15, -0.1) is 0 Å². The number of hydrogen-bond donors (Lipinski definition) is 4. The molecule has 0 atom stereocenters. The lowest BCUT2D eigenvalue weighted by atomic mass is 9.69. The molecule has 4 rings (SSSR count). The number of fused-ring (bicyclic) bond motifs is 1. The minimum absolute atomic E-state index is 0.0176. The Morgan fingerprint density at radius 1 is 0.829 bits per heavy atom. The van der Waals surface area contributed by atoms with Crippen LogP contribution in [0, 0.1) is 0 Å². The Morgan fingerprint density at radius 3 is 1.89 bits per heavy atom. The van der Waals surface area contributed by atoms with Gasteiger partial charge in [-0.25, -0.2) is 0 Å². The fourth-order valence-corrected chi connectivity index (χ4v) is 4.76. The van der Waals surface area contributed by atoms with E-state index in [4.69, 9.17) is 0 Å². The fraction of sp³-hybridized carbons (Fsp3) is 0.269. The van der Waals surface area contributed by atoms with E-state index in [1.54, 1.807) is 0 Å². The van der Waals surface area contributed by atoms with Crippen LogP contribution in [-0.2, 0) is 16.4 Å². The Hall–Kier alpha value is -3.88. The number of carbonyl (C=O) groups is 1. The van der Waals surface area contributed by atoms with Gasteiger partial charge in [0.05, 0.1) is 11.3 Å². The van der Waals surface area contributed by atoms with Crippen LogP contribution in [0.25, 0.3) is 0 Å². The molecule has 3 aromatic carbocycles. The standard InChI is InChI=1S/C26H24F3NO5/c1-2-3-4-12-30-23-17(6-5-7-18(23)26(27,28)29)25(24(30)35,15-8-10-19(31)21(33)13-15)16-9-11-20(32)22(34)14-16/h5-11,13-14,31-34H,2-4,12H2,1H3. The molecule has 0 saturated heterocycles. The zero-order valence-corrected chi connectivity index (χ0v) is 18.8. The van der Waals surface area contributed by atoms with Crippen LogP contribution in [0.1, 0.15) is 48.4 Å². The molecule has 0 fully saturated rings. The Labute approximate surface area is 199 Å². The summed E-state index contributed by atoms with van der Waals surface area (Å²) < 4.78 is 42.4. The molecule has 35 heavy (non-hydrogen) atoms. The van der Waals surface area contributed by atoms with Gasteiger partial charge >= 0.3 is 6.18 Å². The zero-order valence-electron chi connectivity index (χ0n) is 18.8. The summed E-state index contributed by atoms with van der Waals surface area (Å²) in [6.07, 6.45) is -2.80. The van der Waals surface area contributed by atoms with Gasteiger partial charge in [-0.2, -0.15) is 13.2 Å². The molecule has 0 unspecified atom stereocenters. The highest BCUT2D eigenvalue weighted by Gasteiger charge is 2.56. The molecule has 0 radical (unpaired) electrons. The maximum atomic E-state index is 14.2. The molecule has 9 heteroatoms. The van der Waals surface area contributed by atoms with E-state index in [1.165, 1.54) is 24.3 Å². The molecule has 4 N–H and O–H groups in total. The fourth-order valence-electron chi connectivity index (χ4n) is 4.76. The monoisotopic (exact) mass is 487 g/mol. The number of unbranched alkanes of at least 4 members (excludes halogenated alkanes) is 2. The number of nitrogens with zero attached hydrogens (tertiary/aromatic N) is 1. The Morgan fingerprint density at radius 2 is 1.40 bits per heavy atom. The van der Waals surface area contributed by atoms with Crippen molar-refractivity contribution in [1.82, 2.24) is 0 Å². The van der Waals surface area contributed by atoms with E-state index in [9.17, 15) is 38.4 Å². The van der Waals surface area contributed by atoms with Crippen molar-refractivity contribution in [2.45, 2.75) is 37.8 Å². The molecule has 1 amide bonds. The van der Waals surface area contributed by atoms with E-state index in [0.29, 0.717) is 12.8 Å². The van der Waals surface area contributed by atoms with Crippen molar-refractivity contribution in [3.05, 3.63) is 76.9 Å². The molecule has 0 saturated carbocycles. The number of para-hydroxylation sites is 1. The van der Waals surface area contributed by atoms with Gasteiger partial charge in [-0.3, -0.25) is 4.79 Å². The third-order valence-corrected chi connectivity index (χ3v) is 6.38. The second-order valence-corrected chi connectivity index (χ2v) is 8.52. The van der Waals surface area contributed by atoms with Crippen molar-refractivity contribution in [2.75, 3.05) is 11.4 Å². The van der Waals surface area contributed by atoms with Gasteiger partial charge in [-0.1, -0.05) is 44.0 Å². The number of phenolic OH excluding ortho intramolecular Hbond substituents is 4. The average Bonchev–Trinajstić information content (AvgIpc) is 3.06. The number of benzene rings is 3. The van der Waals surface area contributed by atoms with Gasteiger partial charge in [0, 0.05) is 12.1 Å². The van der Waals surface area contributed by atoms with E-state index in [-0.39, 0.29) is 28.9 Å². The SMILES string of the molecule is CCCCCN1C(=O)C(c2ccc(O)c(O)c2)(c2ccc(O)c(O)c2)c2cccc(C(F)(F)F)c21. The summed E-state index contributed by atoms with van der Waals surface area (Å²) in [5.41, 5.74) is -2.94. The van der Waals surface area contributed by atoms with Gasteiger partial charge in [0.15, 0.2) is 23.0 Å². The second kappa shape index (κ2) is 8.72. The Bertz CT molecular complexity index is 1240. The number of halogens is 3. The predicted molar refractivity (Wildman–Crippen MR) is 123 cm³/mol. The van der Waals surface area contributed by atoms with Crippen molar-refractivity contribution in [2.24, 2.45) is 0 Å². The van der Waals surface area contributed by atoms with E-state index in [2.05, 4.69) is 0 Å². The van der Waals surface area contributed by atoms with E-state index in [1.807, 2.05) is 6.92 Å². The van der Waals surface area contributed by atoms with Crippen LogP contribution in [0.15, 0.2) is 54.6 Å². The van der Waals surface area contributed by atoms with Crippen molar-refractivity contribution in [3.8, 4) is 23.0 Å². The lowest BCUT2D eigenvalue weighted by molar-refractivity contribution is -0.137. The summed E-state index contributed by atoms with van der Waals surface area (Å²) in [6.45, 7) is 1.96. The van der Waals surface area contributed by atoms with Crippen molar-refractivity contribution in [3.63, 3.8) is 0 Å². The lowest BCUT2D eigenvalue weighted by Gasteiger charge is -2.30. The topological polar surface area (TPSA) is 101 Å². The second-order valence-electron chi connectivity index (χ2n) is 8.52. The molecule has 0 aliphatic carbocycles. The first kappa shape index (κ1) is 24.3. The zero-order chi connectivity index (χ0) is 25.5. The molecule has 0 spiro atoms. The minimum atomic E-state index is -4.75. The van der Waals surface area contributed by atoms with Crippen LogP contribution < -0.4 is 4.90 Å². The van der Waals surface area contributed by atoms with Crippen LogP contribution in [0.4, 0.5) is 18.9 Å². The maximum Gasteiger partial charge on any atom is 0.418 e. The molecule has 0 aromatic heterocycles. The third-order valence-electron chi connectivity index (χ3n) is 6.38. The number of anilines is 1. The van der Waals surface area contributed by atoms with E-state index >= 15 is 0 Å². The number of rotatable bonds is 6. The van der Waals surface area contributed by atoms with Gasteiger partial charge in [-0.05, 0) is 47.9 Å². The van der Waals surface area contributed by atoms with Crippen molar-refractivity contribution in [1.29, 1.82) is 0 Å². The molecular formula is C26H24F3NO5. The number of alkyl halides is 3. The van der Waals surface area contributed by atoms with Crippen LogP contribution in [0.5, 0.6) is 23.0 Å². The highest BCUT2D eigenvalue weighted by atomic mass is 19.4. The number of hydrogen-bond acceptors (Lipinski definition) is 5. The van der Waals surface area contributed by atoms with Crippen LogP contribution in [0.3, 0.4) is 0 Å². The molecule has 1 heterocycles. The first-order valence-corrected chi connectivity index (χ1v) is 11.1. The molecule has 184 valence electrons. The highest BCUT2D eigenvalue weighted by molar-refractivity contribution is 6.13. The average molecular weight is 487 g/mol. The molecule has 1 aliphatic rings. The summed E-state index contributed by atoms with van der Waals surface area (Å²) in [5, 5.41) is 40.2. The van der Waals surface area contributed by atoms with Gasteiger partial charge < -0.3 is 25.3 Å². The maximum absolute atomic E-state index is 14.2. The number of amides is 1. The van der Waals surface area contributed by atoms with Gasteiger partial charge in [0.2, 0.25) is 5.91 Å². The third kappa shape index (κ3) is 3.80. The van der Waals surface area contributed by atoms with Crippen LogP contribution in [0.2, 0.25) is 0 Å². The van der Waals surface area contributed by atoms with Crippen LogP contribution >= 0.6 is 0 Å². The van der Waals surface area contributed by atoms with Crippen molar-refractivity contribution < 1.29 is 38.4 Å². The largest absolute Gasteiger partial charge is 0.504 e. The summed E-state index contributed by atoms with van der Waals surface area (Å²) in [5.74, 6) is -2.75.